The predicted octanol–water partition coefficient (Wildman–Crippen LogP) is 1.97. The predicted molar refractivity (Wildman–Crippen MR) is 70.2 cm³/mol. The number of rotatable bonds is 1. The molecule has 1 amide bonds. The van der Waals surface area contributed by atoms with Crippen LogP contribution >= 0.6 is 15.9 Å². The van der Waals surface area contributed by atoms with Crippen molar-refractivity contribution in [2.24, 2.45) is 0 Å². The van der Waals surface area contributed by atoms with E-state index in [1.165, 1.54) is 0 Å². The molecule has 18 heavy (non-hydrogen) atoms. The molecule has 2 bridgehead atoms. The van der Waals surface area contributed by atoms with Crippen molar-refractivity contribution < 1.29 is 9.90 Å². The summed E-state index contributed by atoms with van der Waals surface area (Å²) in [6.45, 7) is 0. The third-order valence-corrected chi connectivity index (χ3v) is 4.56. The number of hydrogen-bond acceptors (Lipinski definition) is 3. The second kappa shape index (κ2) is 4.63. The third kappa shape index (κ3) is 1.95. The van der Waals surface area contributed by atoms with Gasteiger partial charge in [0.25, 0.3) is 5.91 Å². The summed E-state index contributed by atoms with van der Waals surface area (Å²) < 4.78 is 0.598. The Bertz CT molecular complexity index is 466. The Morgan fingerprint density at radius 1 is 1.39 bits per heavy atom. The van der Waals surface area contributed by atoms with E-state index < -0.39 is 0 Å². The van der Waals surface area contributed by atoms with E-state index in [0.29, 0.717) is 23.0 Å². The Kier molecular flexibility index (Phi) is 3.11. The average molecular weight is 311 g/mol. The van der Waals surface area contributed by atoms with Crippen molar-refractivity contribution in [1.29, 1.82) is 0 Å². The molecule has 2 unspecified atom stereocenters. The highest BCUT2D eigenvalue weighted by atomic mass is 79.9. The lowest BCUT2D eigenvalue weighted by molar-refractivity contribution is 0.0286. The zero-order chi connectivity index (χ0) is 12.7. The maximum Gasteiger partial charge on any atom is 0.257 e. The fourth-order valence-electron chi connectivity index (χ4n) is 3.16. The number of amides is 1. The topological polar surface area (TPSA) is 53.4 Å². The highest BCUT2D eigenvalue weighted by Crippen LogP contribution is 2.37. The van der Waals surface area contributed by atoms with Crippen LogP contribution in [0.1, 0.15) is 36.0 Å². The van der Waals surface area contributed by atoms with Crippen LogP contribution in [0.25, 0.3) is 0 Å². The van der Waals surface area contributed by atoms with Crippen LogP contribution in [0.15, 0.2) is 22.9 Å². The lowest BCUT2D eigenvalue weighted by Gasteiger charge is -2.37. The van der Waals surface area contributed by atoms with Crippen LogP contribution in [0.5, 0.6) is 0 Å². The molecule has 4 nitrogen and oxygen atoms in total. The standard InChI is InChI=1S/C13H15BrN2O2/c14-12-11(2-1-5-15-12)13(18)16-8-3-4-9(16)7-10(17)6-8/h1-2,5,8-10,17H,3-4,6-7H2. The molecule has 0 saturated carbocycles. The van der Waals surface area contributed by atoms with Gasteiger partial charge in [0, 0.05) is 18.3 Å². The molecule has 0 aliphatic carbocycles. The first-order valence-corrected chi connectivity index (χ1v) is 7.07. The number of nitrogens with zero attached hydrogens (tertiary/aromatic N) is 2. The summed E-state index contributed by atoms with van der Waals surface area (Å²) in [5.74, 6) is 0.0365. The molecule has 1 aromatic rings. The van der Waals surface area contributed by atoms with Gasteiger partial charge in [-0.05, 0) is 53.7 Å². The highest BCUT2D eigenvalue weighted by molar-refractivity contribution is 9.10. The maximum absolute atomic E-state index is 12.6. The van der Waals surface area contributed by atoms with Crippen molar-refractivity contribution in [3.63, 3.8) is 0 Å². The molecular formula is C13H15BrN2O2. The van der Waals surface area contributed by atoms with Gasteiger partial charge in [-0.2, -0.15) is 0 Å². The largest absolute Gasteiger partial charge is 0.393 e. The molecule has 2 atom stereocenters. The molecule has 1 N–H and O–H groups in total. The highest BCUT2D eigenvalue weighted by Gasteiger charge is 2.43. The lowest BCUT2D eigenvalue weighted by atomic mass is 9.99. The van der Waals surface area contributed by atoms with Crippen molar-refractivity contribution in [2.75, 3.05) is 0 Å². The molecule has 2 saturated heterocycles. The van der Waals surface area contributed by atoms with Gasteiger partial charge < -0.3 is 10.0 Å². The van der Waals surface area contributed by atoms with Gasteiger partial charge in [0.05, 0.1) is 11.7 Å². The molecule has 3 heterocycles. The quantitative estimate of drug-likeness (QED) is 0.807. The Labute approximate surface area is 114 Å². The van der Waals surface area contributed by atoms with E-state index in [0.717, 1.165) is 12.8 Å². The summed E-state index contributed by atoms with van der Waals surface area (Å²) in [6, 6.07) is 3.96. The minimum absolute atomic E-state index is 0.0365. The van der Waals surface area contributed by atoms with Crippen molar-refractivity contribution in [2.45, 2.75) is 43.9 Å². The zero-order valence-corrected chi connectivity index (χ0v) is 11.5. The number of piperidine rings is 1. The average Bonchev–Trinajstić information content (AvgIpc) is 2.61. The van der Waals surface area contributed by atoms with Crippen LogP contribution in [0.3, 0.4) is 0 Å². The summed E-state index contributed by atoms with van der Waals surface area (Å²) in [4.78, 5) is 18.6. The van der Waals surface area contributed by atoms with Crippen LogP contribution in [-0.2, 0) is 0 Å². The molecule has 96 valence electrons. The van der Waals surface area contributed by atoms with E-state index in [2.05, 4.69) is 20.9 Å². The minimum atomic E-state index is -0.246. The number of carbonyl (C=O) groups is 1. The number of aliphatic hydroxyl groups excluding tert-OH is 1. The molecule has 2 aliphatic heterocycles. The van der Waals surface area contributed by atoms with E-state index in [9.17, 15) is 9.90 Å². The van der Waals surface area contributed by atoms with Gasteiger partial charge in [0.2, 0.25) is 0 Å². The molecule has 2 fully saturated rings. The van der Waals surface area contributed by atoms with E-state index in [1.807, 2.05) is 4.90 Å². The first kappa shape index (κ1) is 12.1. The summed E-state index contributed by atoms with van der Waals surface area (Å²) in [5.41, 5.74) is 0.616. The Hall–Kier alpha value is -0.940. The number of carbonyl (C=O) groups excluding carboxylic acids is 1. The molecule has 0 aromatic carbocycles. The van der Waals surface area contributed by atoms with Gasteiger partial charge in [-0.3, -0.25) is 4.79 Å². The van der Waals surface area contributed by atoms with Gasteiger partial charge in [-0.1, -0.05) is 0 Å². The summed E-state index contributed by atoms with van der Waals surface area (Å²) in [5, 5.41) is 9.76. The van der Waals surface area contributed by atoms with E-state index in [-0.39, 0.29) is 24.1 Å². The molecular weight excluding hydrogens is 296 g/mol. The maximum atomic E-state index is 12.6. The SMILES string of the molecule is O=C(c1cccnc1Br)N1C2CCC1CC(O)C2. The van der Waals surface area contributed by atoms with E-state index in [1.54, 1.807) is 18.3 Å². The van der Waals surface area contributed by atoms with Crippen LogP contribution in [-0.4, -0.2) is 39.1 Å². The van der Waals surface area contributed by atoms with Crippen molar-refractivity contribution in [3.05, 3.63) is 28.5 Å². The number of hydrogen-bond donors (Lipinski definition) is 1. The molecule has 0 radical (unpaired) electrons. The second-order valence-electron chi connectivity index (χ2n) is 5.06. The van der Waals surface area contributed by atoms with Gasteiger partial charge in [0.15, 0.2) is 0 Å². The summed E-state index contributed by atoms with van der Waals surface area (Å²) in [6.07, 6.45) is 4.84. The van der Waals surface area contributed by atoms with Crippen LogP contribution < -0.4 is 0 Å². The first-order chi connectivity index (χ1) is 8.66. The van der Waals surface area contributed by atoms with E-state index >= 15 is 0 Å². The third-order valence-electron chi connectivity index (χ3n) is 3.93. The monoisotopic (exact) mass is 310 g/mol. The zero-order valence-electron chi connectivity index (χ0n) is 9.92. The number of aromatic nitrogens is 1. The normalized spacial score (nSPS) is 30.6. The van der Waals surface area contributed by atoms with Crippen molar-refractivity contribution in [3.8, 4) is 0 Å². The van der Waals surface area contributed by atoms with Crippen LogP contribution in [0.4, 0.5) is 0 Å². The molecule has 3 rings (SSSR count). The minimum Gasteiger partial charge on any atom is -0.393 e. The second-order valence-corrected chi connectivity index (χ2v) is 5.82. The van der Waals surface area contributed by atoms with E-state index in [4.69, 9.17) is 0 Å². The van der Waals surface area contributed by atoms with Crippen molar-refractivity contribution in [1.82, 2.24) is 9.88 Å². The number of halogens is 1. The number of fused-ring (bicyclic) bond motifs is 2. The van der Waals surface area contributed by atoms with Gasteiger partial charge in [-0.25, -0.2) is 4.98 Å². The number of pyridine rings is 1. The molecule has 5 heteroatoms. The number of aliphatic hydroxyl groups is 1. The first-order valence-electron chi connectivity index (χ1n) is 6.28. The van der Waals surface area contributed by atoms with Gasteiger partial charge in [-0.15, -0.1) is 0 Å². The van der Waals surface area contributed by atoms with Gasteiger partial charge in [0.1, 0.15) is 4.60 Å². The van der Waals surface area contributed by atoms with Gasteiger partial charge >= 0.3 is 0 Å². The molecule has 2 aliphatic rings. The summed E-state index contributed by atoms with van der Waals surface area (Å²) in [7, 11) is 0. The fourth-order valence-corrected chi connectivity index (χ4v) is 3.58. The Morgan fingerprint density at radius 2 is 2.06 bits per heavy atom. The lowest BCUT2D eigenvalue weighted by Crippen LogP contribution is -2.48. The van der Waals surface area contributed by atoms with Crippen molar-refractivity contribution >= 4 is 21.8 Å². The Balaban J connectivity index is 1.88. The molecule has 0 spiro atoms. The van der Waals surface area contributed by atoms with Crippen LogP contribution in [0, 0.1) is 0 Å². The Morgan fingerprint density at radius 3 is 2.67 bits per heavy atom. The molecule has 1 aromatic heterocycles. The smallest absolute Gasteiger partial charge is 0.257 e. The fraction of sp³-hybridized carbons (Fsp3) is 0.538. The van der Waals surface area contributed by atoms with Crippen LogP contribution in [0.2, 0.25) is 0 Å². The summed E-state index contributed by atoms with van der Waals surface area (Å²) >= 11 is 3.33.